The Morgan fingerprint density at radius 1 is 1.17 bits per heavy atom. The van der Waals surface area contributed by atoms with Gasteiger partial charge >= 0.3 is 0 Å². The minimum Gasteiger partial charge on any atom is -0.411 e. The van der Waals surface area contributed by atoms with E-state index < -0.39 is 10.0 Å². The number of nitrogens with zero attached hydrogens (tertiary/aromatic N) is 3. The molecule has 1 aromatic carbocycles. The van der Waals surface area contributed by atoms with Gasteiger partial charge in [-0.25, -0.2) is 8.42 Å². The minimum atomic E-state index is -3.54. The summed E-state index contributed by atoms with van der Waals surface area (Å²) in [5, 5.41) is 8.28. The first-order chi connectivity index (χ1) is 14.4. The quantitative estimate of drug-likeness (QED) is 0.382. The number of benzene rings is 1. The van der Waals surface area contributed by atoms with E-state index in [2.05, 4.69) is 10.2 Å². The summed E-state index contributed by atoms with van der Waals surface area (Å²) in [5.74, 6) is 0.436. The fourth-order valence-corrected chi connectivity index (χ4v) is 6.32. The van der Waals surface area contributed by atoms with Crippen LogP contribution in [0.5, 0.6) is 0 Å². The van der Waals surface area contributed by atoms with Crippen LogP contribution < -0.4 is 0 Å². The van der Waals surface area contributed by atoms with E-state index in [0.29, 0.717) is 23.5 Å². The molecule has 10 heteroatoms. The molecule has 7 nitrogen and oxygen atoms in total. The Morgan fingerprint density at radius 3 is 2.70 bits per heavy atom. The van der Waals surface area contributed by atoms with Gasteiger partial charge in [0.1, 0.15) is 0 Å². The number of carbonyl (C=O) groups excluding carboxylic acids is 1. The molecular formula is C20H21N3O4S3. The van der Waals surface area contributed by atoms with Gasteiger partial charge in [0, 0.05) is 23.5 Å². The zero-order valence-corrected chi connectivity index (χ0v) is 18.9. The van der Waals surface area contributed by atoms with Crippen molar-refractivity contribution in [3.05, 3.63) is 46.2 Å². The number of aromatic nitrogens is 2. The number of carbonyl (C=O) groups is 1. The maximum atomic E-state index is 12.9. The Balaban J connectivity index is 1.47. The van der Waals surface area contributed by atoms with Gasteiger partial charge in [0.05, 0.1) is 15.5 Å². The molecule has 0 atom stereocenters. The summed E-state index contributed by atoms with van der Waals surface area (Å²) in [6, 6.07) is 10.3. The van der Waals surface area contributed by atoms with Crippen LogP contribution in [0.1, 0.15) is 33.8 Å². The van der Waals surface area contributed by atoms with Crippen molar-refractivity contribution in [1.29, 1.82) is 0 Å². The maximum absolute atomic E-state index is 12.9. The Morgan fingerprint density at radius 2 is 1.97 bits per heavy atom. The van der Waals surface area contributed by atoms with E-state index >= 15 is 0 Å². The third-order valence-corrected chi connectivity index (χ3v) is 8.54. The lowest BCUT2D eigenvalue weighted by Crippen LogP contribution is -2.35. The average Bonchev–Trinajstić information content (AvgIpc) is 3.42. The Kier molecular flexibility index (Phi) is 6.37. The number of hydrogen-bond donors (Lipinski definition) is 0. The number of rotatable bonds is 7. The Bertz CT molecular complexity index is 1150. The molecule has 0 unspecified atom stereocenters. The lowest BCUT2D eigenvalue weighted by molar-refractivity contribution is 0.102. The van der Waals surface area contributed by atoms with Gasteiger partial charge in [-0.15, -0.1) is 21.5 Å². The molecule has 1 aliphatic rings. The van der Waals surface area contributed by atoms with E-state index in [0.717, 1.165) is 24.1 Å². The van der Waals surface area contributed by atoms with Crippen molar-refractivity contribution in [1.82, 2.24) is 14.5 Å². The van der Waals surface area contributed by atoms with Gasteiger partial charge in [0.15, 0.2) is 5.78 Å². The minimum absolute atomic E-state index is 0.00692. The van der Waals surface area contributed by atoms with E-state index in [1.165, 1.54) is 27.4 Å². The van der Waals surface area contributed by atoms with Crippen LogP contribution in [0, 0.1) is 6.92 Å². The summed E-state index contributed by atoms with van der Waals surface area (Å²) in [7, 11) is -3.54. The number of sulfonamides is 1. The van der Waals surface area contributed by atoms with E-state index in [1.807, 2.05) is 19.1 Å². The van der Waals surface area contributed by atoms with Gasteiger partial charge in [0.25, 0.3) is 5.22 Å². The second-order valence-corrected chi connectivity index (χ2v) is 11.1. The molecule has 3 aromatic rings. The number of Topliss-reactive ketones (excluding diaryl/α,β-unsaturated/α-hetero) is 1. The number of thiophene rings is 1. The number of ketones is 1. The van der Waals surface area contributed by atoms with E-state index in [-0.39, 0.29) is 27.5 Å². The Hall–Kier alpha value is -2.01. The fraction of sp³-hybridized carbons (Fsp3) is 0.350. The molecule has 2 aromatic heterocycles. The molecule has 0 amide bonds. The predicted molar refractivity (Wildman–Crippen MR) is 116 cm³/mol. The summed E-state index contributed by atoms with van der Waals surface area (Å²) in [6.45, 7) is 3.05. The number of piperidine rings is 1. The monoisotopic (exact) mass is 463 g/mol. The van der Waals surface area contributed by atoms with E-state index in [1.54, 1.807) is 24.3 Å². The number of hydrogen-bond acceptors (Lipinski definition) is 8. The molecule has 0 radical (unpaired) electrons. The lowest BCUT2D eigenvalue weighted by Gasteiger charge is -2.25. The van der Waals surface area contributed by atoms with Crippen molar-refractivity contribution in [3.63, 3.8) is 0 Å². The van der Waals surface area contributed by atoms with Gasteiger partial charge < -0.3 is 4.42 Å². The molecule has 1 aliphatic heterocycles. The lowest BCUT2D eigenvalue weighted by atomic mass is 10.2. The molecule has 1 saturated heterocycles. The topological polar surface area (TPSA) is 93.4 Å². The van der Waals surface area contributed by atoms with Crippen LogP contribution in [0.25, 0.3) is 11.5 Å². The van der Waals surface area contributed by atoms with Crippen molar-refractivity contribution in [3.8, 4) is 11.5 Å². The SMILES string of the molecule is Cc1ccc(C(=O)CSc2nnc(-c3cccc(S(=O)(=O)N4CCCCC4)c3)o2)s1. The number of thioether (sulfide) groups is 1. The van der Waals surface area contributed by atoms with Gasteiger partial charge in [-0.2, -0.15) is 4.31 Å². The van der Waals surface area contributed by atoms with Crippen LogP contribution in [-0.4, -0.2) is 47.5 Å². The van der Waals surface area contributed by atoms with Gasteiger partial charge in [-0.05, 0) is 50.1 Å². The second kappa shape index (κ2) is 9.01. The highest BCUT2D eigenvalue weighted by atomic mass is 32.2. The van der Waals surface area contributed by atoms with Gasteiger partial charge in [-0.1, -0.05) is 24.2 Å². The molecular weight excluding hydrogens is 442 g/mol. The highest BCUT2D eigenvalue weighted by Gasteiger charge is 2.26. The zero-order valence-electron chi connectivity index (χ0n) is 16.4. The maximum Gasteiger partial charge on any atom is 0.277 e. The number of aryl methyl sites for hydroxylation is 1. The normalized spacial score (nSPS) is 15.4. The van der Waals surface area contributed by atoms with Crippen LogP contribution >= 0.6 is 23.1 Å². The fourth-order valence-electron chi connectivity index (χ4n) is 3.21. The summed E-state index contributed by atoms with van der Waals surface area (Å²) in [6.07, 6.45) is 2.82. The molecule has 0 spiro atoms. The van der Waals surface area contributed by atoms with Crippen LogP contribution in [0.2, 0.25) is 0 Å². The van der Waals surface area contributed by atoms with Gasteiger partial charge in [0.2, 0.25) is 15.9 Å². The molecule has 0 saturated carbocycles. The van der Waals surface area contributed by atoms with Crippen molar-refractivity contribution in [2.24, 2.45) is 0 Å². The molecule has 1 fully saturated rings. The van der Waals surface area contributed by atoms with E-state index in [9.17, 15) is 13.2 Å². The van der Waals surface area contributed by atoms with Crippen molar-refractivity contribution < 1.29 is 17.6 Å². The highest BCUT2D eigenvalue weighted by Crippen LogP contribution is 2.28. The molecule has 0 bridgehead atoms. The van der Waals surface area contributed by atoms with Crippen LogP contribution in [0.4, 0.5) is 0 Å². The summed E-state index contributed by atoms with van der Waals surface area (Å²) < 4.78 is 33.0. The van der Waals surface area contributed by atoms with Crippen LogP contribution in [-0.2, 0) is 10.0 Å². The van der Waals surface area contributed by atoms with E-state index in [4.69, 9.17) is 4.42 Å². The Labute approximate surface area is 183 Å². The summed E-state index contributed by atoms with van der Waals surface area (Å²) in [5.41, 5.74) is 0.535. The van der Waals surface area contributed by atoms with Crippen molar-refractivity contribution in [2.45, 2.75) is 36.3 Å². The second-order valence-electron chi connectivity index (χ2n) is 6.99. The molecule has 0 aliphatic carbocycles. The summed E-state index contributed by atoms with van der Waals surface area (Å²) in [4.78, 5) is 14.3. The first-order valence-electron chi connectivity index (χ1n) is 9.60. The molecule has 0 N–H and O–H groups in total. The largest absolute Gasteiger partial charge is 0.411 e. The predicted octanol–water partition coefficient (Wildman–Crippen LogP) is 4.26. The van der Waals surface area contributed by atoms with Crippen molar-refractivity contribution >= 4 is 38.9 Å². The smallest absolute Gasteiger partial charge is 0.277 e. The standard InChI is InChI=1S/C20H21N3O4S3/c1-14-8-9-18(29-14)17(24)13-28-20-22-21-19(27-20)15-6-5-7-16(12-15)30(25,26)23-10-3-2-4-11-23/h5-9,12H,2-4,10-11,13H2,1H3. The molecule has 158 valence electrons. The van der Waals surface area contributed by atoms with Crippen molar-refractivity contribution in [2.75, 3.05) is 18.8 Å². The highest BCUT2D eigenvalue weighted by molar-refractivity contribution is 7.99. The van der Waals surface area contributed by atoms with Gasteiger partial charge in [-0.3, -0.25) is 4.79 Å². The average molecular weight is 464 g/mol. The first kappa shape index (κ1) is 21.2. The zero-order chi connectivity index (χ0) is 21.1. The summed E-state index contributed by atoms with van der Waals surface area (Å²) >= 11 is 2.63. The van der Waals surface area contributed by atoms with Crippen LogP contribution in [0.3, 0.4) is 0 Å². The molecule has 30 heavy (non-hydrogen) atoms. The molecule has 3 heterocycles. The first-order valence-corrected chi connectivity index (χ1v) is 12.8. The third-order valence-electron chi connectivity index (χ3n) is 4.78. The molecule has 4 rings (SSSR count). The third kappa shape index (κ3) is 4.66. The van der Waals surface area contributed by atoms with Crippen LogP contribution in [0.15, 0.2) is 50.9 Å².